The van der Waals surface area contributed by atoms with E-state index in [9.17, 15) is 0 Å². The SMILES string of the molecule is CC1(C)COCCN1C(CN)C1CCCO1. The van der Waals surface area contributed by atoms with Crippen LogP contribution in [0.15, 0.2) is 0 Å². The van der Waals surface area contributed by atoms with Gasteiger partial charge in [-0.3, -0.25) is 4.90 Å². The summed E-state index contributed by atoms with van der Waals surface area (Å²) in [6.07, 6.45) is 2.64. The Kier molecular flexibility index (Phi) is 3.85. The minimum Gasteiger partial charge on any atom is -0.378 e. The maximum absolute atomic E-state index is 5.94. The Morgan fingerprint density at radius 1 is 1.44 bits per heavy atom. The van der Waals surface area contributed by atoms with Crippen LogP contribution in [0.5, 0.6) is 0 Å². The van der Waals surface area contributed by atoms with Gasteiger partial charge in [0.15, 0.2) is 0 Å². The molecule has 0 aromatic heterocycles. The summed E-state index contributed by atoms with van der Waals surface area (Å²) in [5.74, 6) is 0. The van der Waals surface area contributed by atoms with Gasteiger partial charge >= 0.3 is 0 Å². The molecule has 0 bridgehead atoms. The zero-order chi connectivity index (χ0) is 11.6. The van der Waals surface area contributed by atoms with E-state index in [0.717, 1.165) is 32.8 Å². The molecular formula is C12H24N2O2. The Balaban J connectivity index is 2.06. The van der Waals surface area contributed by atoms with E-state index < -0.39 is 0 Å². The molecule has 0 aromatic carbocycles. The molecule has 0 aliphatic carbocycles. The first-order valence-electron chi connectivity index (χ1n) is 6.31. The van der Waals surface area contributed by atoms with Crippen molar-refractivity contribution in [3.63, 3.8) is 0 Å². The van der Waals surface area contributed by atoms with Gasteiger partial charge in [-0.05, 0) is 26.7 Å². The Hall–Kier alpha value is -0.160. The molecule has 2 saturated heterocycles. The Morgan fingerprint density at radius 2 is 2.25 bits per heavy atom. The number of rotatable bonds is 3. The largest absolute Gasteiger partial charge is 0.378 e. The second-order valence-electron chi connectivity index (χ2n) is 5.41. The first kappa shape index (κ1) is 12.3. The first-order chi connectivity index (χ1) is 7.65. The van der Waals surface area contributed by atoms with E-state index in [1.807, 2.05) is 0 Å². The van der Waals surface area contributed by atoms with Crippen molar-refractivity contribution in [2.75, 3.05) is 32.9 Å². The Bertz CT molecular complexity index is 227. The average molecular weight is 228 g/mol. The third-order valence-electron chi connectivity index (χ3n) is 3.75. The highest BCUT2D eigenvalue weighted by Crippen LogP contribution is 2.27. The summed E-state index contributed by atoms with van der Waals surface area (Å²) < 4.78 is 11.3. The van der Waals surface area contributed by atoms with Gasteiger partial charge in [0.1, 0.15) is 0 Å². The molecule has 0 radical (unpaired) electrons. The monoisotopic (exact) mass is 228 g/mol. The summed E-state index contributed by atoms with van der Waals surface area (Å²) in [7, 11) is 0. The van der Waals surface area contributed by atoms with Crippen LogP contribution >= 0.6 is 0 Å². The molecule has 4 nitrogen and oxygen atoms in total. The van der Waals surface area contributed by atoms with Crippen molar-refractivity contribution in [1.29, 1.82) is 0 Å². The topological polar surface area (TPSA) is 47.7 Å². The summed E-state index contributed by atoms with van der Waals surface area (Å²) in [6, 6.07) is 0.349. The van der Waals surface area contributed by atoms with Gasteiger partial charge in [-0.15, -0.1) is 0 Å². The number of hydrogen-bond donors (Lipinski definition) is 1. The number of nitrogens with zero attached hydrogens (tertiary/aromatic N) is 1. The molecule has 4 heteroatoms. The molecule has 0 saturated carbocycles. The predicted molar refractivity (Wildman–Crippen MR) is 63.4 cm³/mol. The van der Waals surface area contributed by atoms with Crippen LogP contribution in [0.4, 0.5) is 0 Å². The molecule has 94 valence electrons. The van der Waals surface area contributed by atoms with E-state index in [0.29, 0.717) is 18.7 Å². The fourth-order valence-electron chi connectivity index (χ4n) is 2.87. The van der Waals surface area contributed by atoms with Gasteiger partial charge in [-0.1, -0.05) is 0 Å². The zero-order valence-corrected chi connectivity index (χ0v) is 10.4. The lowest BCUT2D eigenvalue weighted by Gasteiger charge is -2.47. The van der Waals surface area contributed by atoms with E-state index in [2.05, 4.69) is 18.7 Å². The lowest BCUT2D eigenvalue weighted by atomic mass is 9.96. The number of ether oxygens (including phenoxy) is 2. The lowest BCUT2D eigenvalue weighted by molar-refractivity contribution is -0.0967. The Labute approximate surface area is 98.1 Å². The minimum atomic E-state index is 0.0776. The van der Waals surface area contributed by atoms with Gasteiger partial charge in [-0.25, -0.2) is 0 Å². The third-order valence-corrected chi connectivity index (χ3v) is 3.75. The van der Waals surface area contributed by atoms with Crippen LogP contribution in [-0.4, -0.2) is 55.5 Å². The lowest BCUT2D eigenvalue weighted by Crippen LogP contribution is -2.62. The van der Waals surface area contributed by atoms with Crippen LogP contribution < -0.4 is 5.73 Å². The molecule has 16 heavy (non-hydrogen) atoms. The van der Waals surface area contributed by atoms with E-state index in [4.69, 9.17) is 15.2 Å². The van der Waals surface area contributed by atoms with Gasteiger partial charge in [0.2, 0.25) is 0 Å². The van der Waals surface area contributed by atoms with Gasteiger partial charge in [-0.2, -0.15) is 0 Å². The van der Waals surface area contributed by atoms with Crippen LogP contribution in [0.2, 0.25) is 0 Å². The third kappa shape index (κ3) is 2.40. The summed E-state index contributed by atoms with van der Waals surface area (Å²) in [4.78, 5) is 2.48. The Morgan fingerprint density at radius 3 is 2.81 bits per heavy atom. The second kappa shape index (κ2) is 5.00. The van der Waals surface area contributed by atoms with E-state index in [-0.39, 0.29) is 5.54 Å². The van der Waals surface area contributed by atoms with Gasteiger partial charge in [0.25, 0.3) is 0 Å². The highest BCUT2D eigenvalue weighted by Gasteiger charge is 2.39. The van der Waals surface area contributed by atoms with Crippen molar-refractivity contribution in [2.24, 2.45) is 5.73 Å². The zero-order valence-electron chi connectivity index (χ0n) is 10.4. The van der Waals surface area contributed by atoms with Crippen LogP contribution in [-0.2, 0) is 9.47 Å². The normalized spacial score (nSPS) is 32.8. The fraction of sp³-hybridized carbons (Fsp3) is 1.00. The maximum atomic E-state index is 5.94. The van der Waals surface area contributed by atoms with Crippen LogP contribution in [0.25, 0.3) is 0 Å². The second-order valence-corrected chi connectivity index (χ2v) is 5.41. The maximum Gasteiger partial charge on any atom is 0.0743 e. The molecule has 2 N–H and O–H groups in total. The van der Waals surface area contributed by atoms with Crippen LogP contribution in [0.1, 0.15) is 26.7 Å². The summed E-state index contributed by atoms with van der Waals surface area (Å²) in [5.41, 5.74) is 6.02. The van der Waals surface area contributed by atoms with Gasteiger partial charge < -0.3 is 15.2 Å². The molecule has 2 fully saturated rings. The van der Waals surface area contributed by atoms with Gasteiger partial charge in [0.05, 0.1) is 19.3 Å². The molecule has 2 aliphatic rings. The summed E-state index contributed by atoms with van der Waals surface area (Å²) >= 11 is 0. The quantitative estimate of drug-likeness (QED) is 0.768. The fourth-order valence-corrected chi connectivity index (χ4v) is 2.87. The molecular weight excluding hydrogens is 204 g/mol. The molecule has 0 amide bonds. The molecule has 2 unspecified atom stereocenters. The smallest absolute Gasteiger partial charge is 0.0743 e. The van der Waals surface area contributed by atoms with Gasteiger partial charge in [0, 0.05) is 31.3 Å². The van der Waals surface area contributed by atoms with E-state index in [1.54, 1.807) is 0 Å². The number of morpholine rings is 1. The highest BCUT2D eigenvalue weighted by molar-refractivity contribution is 4.93. The summed E-state index contributed by atoms with van der Waals surface area (Å²) in [6.45, 7) is 8.59. The van der Waals surface area contributed by atoms with Crippen LogP contribution in [0, 0.1) is 0 Å². The highest BCUT2D eigenvalue weighted by atomic mass is 16.5. The standard InChI is InChI=1S/C12H24N2O2/c1-12(2)9-15-7-5-14(12)10(8-13)11-4-3-6-16-11/h10-11H,3-9,13H2,1-2H3. The first-order valence-corrected chi connectivity index (χ1v) is 6.31. The summed E-state index contributed by atoms with van der Waals surface area (Å²) in [5, 5.41) is 0. The minimum absolute atomic E-state index is 0.0776. The van der Waals surface area contributed by atoms with Crippen LogP contribution in [0.3, 0.4) is 0 Å². The molecule has 2 aliphatic heterocycles. The van der Waals surface area contributed by atoms with Crippen molar-refractivity contribution in [3.05, 3.63) is 0 Å². The molecule has 2 heterocycles. The number of hydrogen-bond acceptors (Lipinski definition) is 4. The van der Waals surface area contributed by atoms with Crippen molar-refractivity contribution < 1.29 is 9.47 Å². The molecule has 2 rings (SSSR count). The number of nitrogens with two attached hydrogens (primary N) is 1. The molecule has 0 spiro atoms. The van der Waals surface area contributed by atoms with Crippen molar-refractivity contribution in [1.82, 2.24) is 4.90 Å². The average Bonchev–Trinajstić information content (AvgIpc) is 2.75. The molecule has 2 atom stereocenters. The van der Waals surface area contributed by atoms with E-state index in [1.165, 1.54) is 6.42 Å². The predicted octanol–water partition coefficient (Wildman–Crippen LogP) is 0.604. The van der Waals surface area contributed by atoms with Crippen molar-refractivity contribution >= 4 is 0 Å². The van der Waals surface area contributed by atoms with Crippen molar-refractivity contribution in [2.45, 2.75) is 44.4 Å². The molecule has 0 aromatic rings. The van der Waals surface area contributed by atoms with E-state index >= 15 is 0 Å². The van der Waals surface area contributed by atoms with Crippen molar-refractivity contribution in [3.8, 4) is 0 Å².